The summed E-state index contributed by atoms with van der Waals surface area (Å²) in [6.07, 6.45) is 8.29. The van der Waals surface area contributed by atoms with E-state index in [-0.39, 0.29) is 17.6 Å². The molecule has 0 fully saturated rings. The first kappa shape index (κ1) is 17.3. The lowest BCUT2D eigenvalue weighted by Crippen LogP contribution is -2.29. The first-order valence-corrected chi connectivity index (χ1v) is 8.95. The maximum absolute atomic E-state index is 12.4. The highest BCUT2D eigenvalue weighted by Gasteiger charge is 2.18. The van der Waals surface area contributed by atoms with Gasteiger partial charge in [-0.3, -0.25) is 9.78 Å². The summed E-state index contributed by atoms with van der Waals surface area (Å²) in [5, 5.41) is 8.53. The molecule has 0 spiro atoms. The summed E-state index contributed by atoms with van der Waals surface area (Å²) < 4.78 is 4.76. The Kier molecular flexibility index (Phi) is 4.89. The number of nitrogens with zero attached hydrogens (tertiary/aromatic N) is 2. The van der Waals surface area contributed by atoms with Gasteiger partial charge in [0.1, 0.15) is 6.26 Å². The predicted molar refractivity (Wildman–Crippen MR) is 103 cm³/mol. The van der Waals surface area contributed by atoms with Gasteiger partial charge in [0, 0.05) is 40.6 Å². The fourth-order valence-corrected chi connectivity index (χ4v) is 3.31. The van der Waals surface area contributed by atoms with Crippen molar-refractivity contribution in [1.29, 1.82) is 0 Å². The molecule has 3 heterocycles. The maximum atomic E-state index is 12.4. The summed E-state index contributed by atoms with van der Waals surface area (Å²) in [5.41, 5.74) is 3.44. The van der Waals surface area contributed by atoms with Crippen LogP contribution >= 0.6 is 11.6 Å². The van der Waals surface area contributed by atoms with Crippen LogP contribution in [0.1, 0.15) is 34.1 Å². The summed E-state index contributed by atoms with van der Waals surface area (Å²) in [6, 6.07) is 11.0. The molecule has 0 saturated heterocycles. The number of hydrogen-bond acceptors (Lipinski definition) is 4. The van der Waals surface area contributed by atoms with Gasteiger partial charge in [0.25, 0.3) is 5.91 Å². The van der Waals surface area contributed by atoms with E-state index in [1.54, 1.807) is 18.5 Å². The molecule has 136 valence electrons. The fraction of sp³-hybridized carbons (Fsp3) is 0.150. The molecular formula is C20H17ClN4O2. The number of aromatic amines is 1. The number of amides is 1. The Labute approximate surface area is 160 Å². The van der Waals surface area contributed by atoms with Gasteiger partial charge in [0.2, 0.25) is 0 Å². The molecule has 0 bridgehead atoms. The molecule has 27 heavy (non-hydrogen) atoms. The molecule has 0 radical (unpaired) electrons. The summed E-state index contributed by atoms with van der Waals surface area (Å²) in [4.78, 5) is 19.8. The van der Waals surface area contributed by atoms with Crippen molar-refractivity contribution in [1.82, 2.24) is 20.4 Å². The van der Waals surface area contributed by atoms with Gasteiger partial charge in [-0.15, -0.1) is 0 Å². The van der Waals surface area contributed by atoms with Crippen LogP contribution in [0.3, 0.4) is 0 Å². The van der Waals surface area contributed by atoms with Gasteiger partial charge in [-0.1, -0.05) is 16.8 Å². The van der Waals surface area contributed by atoms with Crippen molar-refractivity contribution in [3.05, 3.63) is 83.1 Å². The number of rotatable bonds is 6. The van der Waals surface area contributed by atoms with Crippen molar-refractivity contribution < 1.29 is 9.32 Å². The highest BCUT2D eigenvalue weighted by atomic mass is 35.5. The van der Waals surface area contributed by atoms with Gasteiger partial charge in [0.05, 0.1) is 6.04 Å². The van der Waals surface area contributed by atoms with Crippen LogP contribution in [0, 0.1) is 0 Å². The number of hydrogen-bond donors (Lipinski definition) is 2. The summed E-state index contributed by atoms with van der Waals surface area (Å²) in [7, 11) is 0. The predicted octanol–water partition coefficient (Wildman–Crippen LogP) is 4.31. The number of fused-ring (bicyclic) bond motifs is 1. The van der Waals surface area contributed by atoms with Crippen molar-refractivity contribution in [2.75, 3.05) is 0 Å². The summed E-state index contributed by atoms with van der Waals surface area (Å²) >= 11 is 6.14. The number of aryl methyl sites for hydroxylation is 1. The average molecular weight is 381 g/mol. The summed E-state index contributed by atoms with van der Waals surface area (Å²) in [5.74, 6) is -0.271. The third-order valence-corrected chi connectivity index (χ3v) is 4.75. The molecule has 1 atom stereocenters. The number of aromatic nitrogens is 3. The molecule has 4 aromatic rings. The van der Waals surface area contributed by atoms with E-state index in [1.165, 1.54) is 6.26 Å². The van der Waals surface area contributed by atoms with Crippen LogP contribution in [0.25, 0.3) is 10.9 Å². The molecule has 0 aliphatic rings. The van der Waals surface area contributed by atoms with E-state index >= 15 is 0 Å². The van der Waals surface area contributed by atoms with Crippen LogP contribution < -0.4 is 5.32 Å². The Morgan fingerprint density at radius 3 is 2.85 bits per heavy atom. The molecule has 1 amide bonds. The lowest BCUT2D eigenvalue weighted by molar-refractivity contribution is 0.0925. The molecule has 4 rings (SSSR count). The highest BCUT2D eigenvalue weighted by molar-refractivity contribution is 6.31. The van der Waals surface area contributed by atoms with E-state index < -0.39 is 0 Å². The number of carbonyl (C=O) groups is 1. The second-order valence-electron chi connectivity index (χ2n) is 6.23. The summed E-state index contributed by atoms with van der Waals surface area (Å²) in [6.45, 7) is 0. The largest absolute Gasteiger partial charge is 0.364 e. The third-order valence-electron chi connectivity index (χ3n) is 4.52. The molecule has 1 aromatic carbocycles. The molecule has 7 heteroatoms. The van der Waals surface area contributed by atoms with Crippen LogP contribution in [0.15, 0.2) is 65.8 Å². The zero-order valence-electron chi connectivity index (χ0n) is 14.4. The average Bonchev–Trinajstić information content (AvgIpc) is 3.36. The van der Waals surface area contributed by atoms with Gasteiger partial charge in [-0.2, -0.15) is 0 Å². The fourth-order valence-electron chi connectivity index (χ4n) is 3.14. The minimum absolute atomic E-state index is 0.179. The normalized spacial score (nSPS) is 12.2. The van der Waals surface area contributed by atoms with E-state index in [4.69, 9.17) is 16.1 Å². The number of halogens is 1. The van der Waals surface area contributed by atoms with Gasteiger partial charge >= 0.3 is 0 Å². The Morgan fingerprint density at radius 1 is 1.22 bits per heavy atom. The number of benzene rings is 1. The monoisotopic (exact) mass is 380 g/mol. The molecule has 6 nitrogen and oxygen atoms in total. The van der Waals surface area contributed by atoms with Gasteiger partial charge in [0.15, 0.2) is 5.69 Å². The first-order chi connectivity index (χ1) is 13.2. The number of H-pyrrole nitrogens is 1. The molecule has 0 aliphatic heterocycles. The van der Waals surface area contributed by atoms with Crippen LogP contribution in [-0.4, -0.2) is 21.0 Å². The minimum atomic E-state index is -0.271. The van der Waals surface area contributed by atoms with E-state index in [0.717, 1.165) is 28.5 Å². The quantitative estimate of drug-likeness (QED) is 0.522. The van der Waals surface area contributed by atoms with Crippen LogP contribution in [0.4, 0.5) is 0 Å². The second kappa shape index (κ2) is 7.63. The minimum Gasteiger partial charge on any atom is -0.364 e. The molecule has 3 aromatic heterocycles. The Hall–Kier alpha value is -3.12. The first-order valence-electron chi connectivity index (χ1n) is 8.57. The van der Waals surface area contributed by atoms with Crippen LogP contribution in [0.5, 0.6) is 0 Å². The van der Waals surface area contributed by atoms with Gasteiger partial charge in [-0.05, 0) is 54.3 Å². The Balaban J connectivity index is 1.55. The lowest BCUT2D eigenvalue weighted by atomic mass is 9.99. The van der Waals surface area contributed by atoms with Gasteiger partial charge < -0.3 is 14.8 Å². The van der Waals surface area contributed by atoms with E-state index in [1.807, 2.05) is 36.5 Å². The standard InChI is InChI=1S/C20H17ClN4O2/c21-15-2-4-18-16(11-15)14(12-23-18)1-3-17(13-5-8-22-9-6-13)24-20(26)19-7-10-27-25-19/h2,4-12,17,23H,1,3H2,(H,24,26). The van der Waals surface area contributed by atoms with Crippen molar-refractivity contribution in [2.45, 2.75) is 18.9 Å². The lowest BCUT2D eigenvalue weighted by Gasteiger charge is -2.18. The number of pyridine rings is 1. The zero-order chi connectivity index (χ0) is 18.6. The highest BCUT2D eigenvalue weighted by Crippen LogP contribution is 2.26. The molecule has 0 aliphatic carbocycles. The number of nitrogens with one attached hydrogen (secondary N) is 2. The van der Waals surface area contributed by atoms with Gasteiger partial charge in [-0.25, -0.2) is 0 Å². The van der Waals surface area contributed by atoms with Crippen molar-refractivity contribution >= 4 is 28.4 Å². The van der Waals surface area contributed by atoms with Crippen molar-refractivity contribution in [3.8, 4) is 0 Å². The molecule has 2 N–H and O–H groups in total. The molecule has 0 saturated carbocycles. The van der Waals surface area contributed by atoms with Crippen molar-refractivity contribution in [2.24, 2.45) is 0 Å². The molecular weight excluding hydrogens is 364 g/mol. The SMILES string of the molecule is O=C(NC(CCc1c[nH]c2ccc(Cl)cc12)c1ccncc1)c1ccon1. The van der Waals surface area contributed by atoms with E-state index in [2.05, 4.69) is 20.4 Å². The smallest absolute Gasteiger partial charge is 0.273 e. The Morgan fingerprint density at radius 2 is 2.07 bits per heavy atom. The van der Waals surface area contributed by atoms with Crippen LogP contribution in [-0.2, 0) is 6.42 Å². The number of carbonyl (C=O) groups excluding carboxylic acids is 1. The third kappa shape index (κ3) is 3.85. The second-order valence-corrected chi connectivity index (χ2v) is 6.67. The zero-order valence-corrected chi connectivity index (χ0v) is 15.1. The van der Waals surface area contributed by atoms with Crippen molar-refractivity contribution in [3.63, 3.8) is 0 Å². The topological polar surface area (TPSA) is 83.8 Å². The Bertz CT molecular complexity index is 1040. The molecule has 1 unspecified atom stereocenters. The van der Waals surface area contributed by atoms with Crippen LogP contribution in [0.2, 0.25) is 5.02 Å². The van der Waals surface area contributed by atoms with E-state index in [0.29, 0.717) is 11.4 Å². The maximum Gasteiger partial charge on any atom is 0.273 e. The van der Waals surface area contributed by atoms with E-state index in [9.17, 15) is 4.79 Å².